The van der Waals surface area contributed by atoms with Gasteiger partial charge in [0.15, 0.2) is 17.2 Å². The van der Waals surface area contributed by atoms with Gasteiger partial charge in [-0.2, -0.15) is 4.98 Å². The Bertz CT molecular complexity index is 1230. The highest BCUT2D eigenvalue weighted by Gasteiger charge is 2.30. The number of carbonyl (C=O) groups is 3. The van der Waals surface area contributed by atoms with Crippen molar-refractivity contribution in [1.29, 1.82) is 0 Å². The second-order valence-electron chi connectivity index (χ2n) is 7.76. The van der Waals surface area contributed by atoms with Gasteiger partial charge in [-0.3, -0.25) is 14.4 Å². The Morgan fingerprint density at radius 1 is 1.12 bits per heavy atom. The van der Waals surface area contributed by atoms with Crippen molar-refractivity contribution in [3.8, 4) is 0 Å². The highest BCUT2D eigenvalue weighted by atomic mass is 16.2. The van der Waals surface area contributed by atoms with Crippen molar-refractivity contribution in [3.05, 3.63) is 35.7 Å². The molecule has 12 heteroatoms. The van der Waals surface area contributed by atoms with Crippen molar-refractivity contribution in [3.63, 3.8) is 0 Å². The standard InChI is InChI=1S/C20H21N9O3/c1-21-18(31)16-13(9-14(25-26-16)23-17(30)11-3-4-11)22-20-24-15-6-5-12(10-29(15)27-20)19(32)28-7-2-8-28/h5-6,9-11H,2-4,7-8H2,1H3,(H,21,31)(H2,22,23,25,27,30). The monoisotopic (exact) mass is 435 g/mol. The normalized spacial score (nSPS) is 15.2. The molecule has 2 aliphatic rings. The Labute approximate surface area is 182 Å². The molecule has 0 aromatic carbocycles. The van der Waals surface area contributed by atoms with Crippen LogP contribution in [0.25, 0.3) is 5.65 Å². The molecule has 0 radical (unpaired) electrons. The Morgan fingerprint density at radius 3 is 2.62 bits per heavy atom. The number of likely N-dealkylation sites (tertiary alicyclic amines) is 1. The van der Waals surface area contributed by atoms with Crippen LogP contribution in [-0.2, 0) is 4.79 Å². The van der Waals surface area contributed by atoms with E-state index in [0.29, 0.717) is 16.9 Å². The van der Waals surface area contributed by atoms with Crippen LogP contribution in [0.1, 0.15) is 40.1 Å². The molecule has 0 atom stereocenters. The first-order valence-electron chi connectivity index (χ1n) is 10.4. The number of hydrogen-bond acceptors (Lipinski definition) is 8. The second-order valence-corrected chi connectivity index (χ2v) is 7.76. The first-order chi connectivity index (χ1) is 15.5. The molecular weight excluding hydrogens is 414 g/mol. The molecule has 1 aliphatic carbocycles. The van der Waals surface area contributed by atoms with E-state index in [2.05, 4.69) is 36.2 Å². The lowest BCUT2D eigenvalue weighted by molar-refractivity contribution is -0.117. The second kappa shape index (κ2) is 7.87. The number of nitrogens with one attached hydrogen (secondary N) is 3. The number of nitrogens with zero attached hydrogens (tertiary/aromatic N) is 6. The fraction of sp³-hybridized carbons (Fsp3) is 0.350. The van der Waals surface area contributed by atoms with Gasteiger partial charge in [0, 0.05) is 38.3 Å². The van der Waals surface area contributed by atoms with Crippen molar-refractivity contribution in [2.45, 2.75) is 19.3 Å². The van der Waals surface area contributed by atoms with E-state index < -0.39 is 5.91 Å². The van der Waals surface area contributed by atoms with Crippen LogP contribution in [0.3, 0.4) is 0 Å². The topological polar surface area (TPSA) is 147 Å². The smallest absolute Gasteiger partial charge is 0.273 e. The number of carbonyl (C=O) groups excluding carboxylic acids is 3. The van der Waals surface area contributed by atoms with Crippen LogP contribution >= 0.6 is 0 Å². The molecule has 32 heavy (non-hydrogen) atoms. The van der Waals surface area contributed by atoms with E-state index in [0.717, 1.165) is 32.4 Å². The molecule has 2 fully saturated rings. The molecule has 3 aromatic heterocycles. The molecule has 164 valence electrons. The summed E-state index contributed by atoms with van der Waals surface area (Å²) in [4.78, 5) is 42.9. The molecule has 3 aromatic rings. The van der Waals surface area contributed by atoms with E-state index in [1.165, 1.54) is 17.6 Å². The summed E-state index contributed by atoms with van der Waals surface area (Å²) in [6, 6.07) is 4.93. The van der Waals surface area contributed by atoms with Gasteiger partial charge in [-0.25, -0.2) is 4.52 Å². The quantitative estimate of drug-likeness (QED) is 0.516. The molecule has 0 spiro atoms. The molecule has 3 amide bonds. The third-order valence-electron chi connectivity index (χ3n) is 5.40. The zero-order chi connectivity index (χ0) is 22.2. The average Bonchev–Trinajstić information content (AvgIpc) is 3.52. The molecule has 4 heterocycles. The summed E-state index contributed by atoms with van der Waals surface area (Å²) in [6.45, 7) is 1.52. The predicted octanol–water partition coefficient (Wildman–Crippen LogP) is 0.817. The lowest BCUT2D eigenvalue weighted by atomic mass is 10.1. The molecule has 1 saturated heterocycles. The van der Waals surface area contributed by atoms with Crippen molar-refractivity contribution in [2.24, 2.45) is 5.92 Å². The minimum Gasteiger partial charge on any atom is -0.354 e. The van der Waals surface area contributed by atoms with Gasteiger partial charge in [-0.15, -0.1) is 15.3 Å². The highest BCUT2D eigenvalue weighted by Crippen LogP contribution is 2.30. The summed E-state index contributed by atoms with van der Waals surface area (Å²) in [7, 11) is 1.48. The third-order valence-corrected chi connectivity index (χ3v) is 5.40. The molecule has 1 saturated carbocycles. The van der Waals surface area contributed by atoms with Crippen LogP contribution in [-0.4, -0.2) is 67.6 Å². The van der Waals surface area contributed by atoms with Gasteiger partial charge >= 0.3 is 0 Å². The van der Waals surface area contributed by atoms with E-state index in [1.807, 2.05) is 0 Å². The van der Waals surface area contributed by atoms with Gasteiger partial charge < -0.3 is 20.9 Å². The van der Waals surface area contributed by atoms with Crippen LogP contribution < -0.4 is 16.0 Å². The zero-order valence-electron chi connectivity index (χ0n) is 17.3. The summed E-state index contributed by atoms with van der Waals surface area (Å²) in [5.74, 6) is -0.187. The summed E-state index contributed by atoms with van der Waals surface area (Å²) in [6.07, 6.45) is 4.35. The molecule has 0 unspecified atom stereocenters. The van der Waals surface area contributed by atoms with Gasteiger partial charge in [-0.05, 0) is 31.4 Å². The summed E-state index contributed by atoms with van der Waals surface area (Å²) in [5.41, 5.74) is 1.37. The molecule has 3 N–H and O–H groups in total. The maximum atomic E-state index is 12.5. The number of amides is 3. The molecule has 0 bridgehead atoms. The van der Waals surface area contributed by atoms with Gasteiger partial charge in [0.25, 0.3) is 11.8 Å². The molecule has 1 aliphatic heterocycles. The Morgan fingerprint density at radius 2 is 1.94 bits per heavy atom. The maximum absolute atomic E-state index is 12.5. The van der Waals surface area contributed by atoms with Crippen LogP contribution in [0, 0.1) is 5.92 Å². The van der Waals surface area contributed by atoms with Crippen LogP contribution in [0.15, 0.2) is 24.4 Å². The van der Waals surface area contributed by atoms with E-state index in [1.54, 1.807) is 23.2 Å². The van der Waals surface area contributed by atoms with Crippen LogP contribution in [0.2, 0.25) is 0 Å². The number of rotatable bonds is 6. The SMILES string of the molecule is CNC(=O)c1nnc(NC(=O)C2CC2)cc1Nc1nc2ccc(C(=O)N3CCC3)cn2n1. The van der Waals surface area contributed by atoms with Crippen molar-refractivity contribution in [1.82, 2.24) is 35.0 Å². The maximum Gasteiger partial charge on any atom is 0.273 e. The number of aromatic nitrogens is 5. The van der Waals surface area contributed by atoms with Gasteiger partial charge in [0.1, 0.15) is 0 Å². The molecule has 12 nitrogen and oxygen atoms in total. The number of pyridine rings is 1. The van der Waals surface area contributed by atoms with Gasteiger partial charge in [0.2, 0.25) is 11.9 Å². The molecule has 5 rings (SSSR count). The molecular formula is C20H21N9O3. The lowest BCUT2D eigenvalue weighted by Crippen LogP contribution is -2.42. The Hall–Kier alpha value is -4.09. The van der Waals surface area contributed by atoms with Crippen LogP contribution in [0.5, 0.6) is 0 Å². The largest absolute Gasteiger partial charge is 0.354 e. The number of fused-ring (bicyclic) bond motifs is 1. The average molecular weight is 435 g/mol. The Balaban J connectivity index is 1.42. The van der Waals surface area contributed by atoms with Crippen LogP contribution in [0.4, 0.5) is 17.5 Å². The highest BCUT2D eigenvalue weighted by molar-refractivity contribution is 5.99. The predicted molar refractivity (Wildman–Crippen MR) is 114 cm³/mol. The first kappa shape index (κ1) is 19.8. The minimum atomic E-state index is -0.453. The number of anilines is 3. The fourth-order valence-electron chi connectivity index (χ4n) is 3.29. The van der Waals surface area contributed by atoms with Crippen molar-refractivity contribution >= 4 is 40.8 Å². The lowest BCUT2D eigenvalue weighted by Gasteiger charge is -2.30. The van der Waals surface area contributed by atoms with E-state index in [9.17, 15) is 14.4 Å². The number of hydrogen-bond donors (Lipinski definition) is 3. The Kier molecular flexibility index (Phi) is 4.88. The summed E-state index contributed by atoms with van der Waals surface area (Å²) in [5, 5.41) is 20.4. The minimum absolute atomic E-state index is 0.0000936. The van der Waals surface area contributed by atoms with E-state index >= 15 is 0 Å². The summed E-state index contributed by atoms with van der Waals surface area (Å²) >= 11 is 0. The van der Waals surface area contributed by atoms with Crippen molar-refractivity contribution < 1.29 is 14.4 Å². The van der Waals surface area contributed by atoms with E-state index in [4.69, 9.17) is 0 Å². The fourth-order valence-corrected chi connectivity index (χ4v) is 3.29. The third kappa shape index (κ3) is 3.82. The first-order valence-corrected chi connectivity index (χ1v) is 10.4. The van der Waals surface area contributed by atoms with Crippen molar-refractivity contribution in [2.75, 3.05) is 30.8 Å². The summed E-state index contributed by atoms with van der Waals surface area (Å²) < 4.78 is 1.50. The van der Waals surface area contributed by atoms with E-state index in [-0.39, 0.29) is 35.2 Å². The van der Waals surface area contributed by atoms with Gasteiger partial charge in [-0.1, -0.05) is 0 Å². The zero-order valence-corrected chi connectivity index (χ0v) is 17.3. The van der Waals surface area contributed by atoms with Gasteiger partial charge in [0.05, 0.1) is 11.3 Å².